The zero-order chi connectivity index (χ0) is 32.9. The minimum Gasteiger partial charge on any atom is -0.394 e. The Morgan fingerprint density at radius 3 is 1.47 bits per heavy atom. The molecule has 0 aromatic heterocycles. The van der Waals surface area contributed by atoms with Crippen LogP contribution in [0.2, 0.25) is 0 Å². The molecule has 0 saturated heterocycles. The van der Waals surface area contributed by atoms with E-state index in [4.69, 9.17) is 0 Å². The van der Waals surface area contributed by atoms with Crippen LogP contribution in [0.5, 0.6) is 0 Å². The van der Waals surface area contributed by atoms with E-state index in [0.717, 1.165) is 51.4 Å². The zero-order valence-electron chi connectivity index (χ0n) is 29.9. The average molecular weight is 630 g/mol. The summed E-state index contributed by atoms with van der Waals surface area (Å²) in [7, 11) is 0. The van der Waals surface area contributed by atoms with Gasteiger partial charge in [0.05, 0.1) is 18.8 Å². The molecule has 0 spiro atoms. The van der Waals surface area contributed by atoms with Crippen LogP contribution < -0.4 is 5.32 Å². The molecule has 1 amide bonds. The van der Waals surface area contributed by atoms with Crippen LogP contribution in [0.3, 0.4) is 0 Å². The molecule has 45 heavy (non-hydrogen) atoms. The lowest BCUT2D eigenvalue weighted by Crippen LogP contribution is -2.45. The zero-order valence-corrected chi connectivity index (χ0v) is 29.9. The second kappa shape index (κ2) is 36.8. The average Bonchev–Trinajstić information content (AvgIpc) is 3.04. The van der Waals surface area contributed by atoms with Gasteiger partial charge < -0.3 is 15.5 Å². The van der Waals surface area contributed by atoms with Gasteiger partial charge >= 0.3 is 0 Å². The molecular formula is C41H75NO3. The van der Waals surface area contributed by atoms with Crippen LogP contribution in [0, 0.1) is 0 Å². The van der Waals surface area contributed by atoms with Crippen molar-refractivity contribution in [1.82, 2.24) is 5.32 Å². The van der Waals surface area contributed by atoms with E-state index in [9.17, 15) is 15.0 Å². The first kappa shape index (κ1) is 43.4. The Balaban J connectivity index is 3.45. The molecule has 0 bridgehead atoms. The number of carbonyl (C=O) groups is 1. The molecule has 0 aromatic carbocycles. The molecule has 3 N–H and O–H groups in total. The molecule has 4 nitrogen and oxygen atoms in total. The van der Waals surface area contributed by atoms with Crippen molar-refractivity contribution in [3.05, 3.63) is 48.6 Å². The third-order valence-corrected chi connectivity index (χ3v) is 8.60. The minimum atomic E-state index is -0.655. The van der Waals surface area contributed by atoms with E-state index >= 15 is 0 Å². The molecule has 0 aliphatic carbocycles. The van der Waals surface area contributed by atoms with Gasteiger partial charge in [0, 0.05) is 6.42 Å². The van der Waals surface area contributed by atoms with Gasteiger partial charge in [0.1, 0.15) is 0 Å². The summed E-state index contributed by atoms with van der Waals surface area (Å²) in [6.45, 7) is 4.18. The lowest BCUT2D eigenvalue weighted by molar-refractivity contribution is -0.123. The number of hydrogen-bond acceptors (Lipinski definition) is 3. The fraction of sp³-hybridized carbons (Fsp3) is 0.780. The van der Waals surface area contributed by atoms with Crippen molar-refractivity contribution in [3.8, 4) is 0 Å². The van der Waals surface area contributed by atoms with Crippen LogP contribution in [0.4, 0.5) is 0 Å². The van der Waals surface area contributed by atoms with Gasteiger partial charge in [-0.05, 0) is 51.4 Å². The molecule has 0 rings (SSSR count). The van der Waals surface area contributed by atoms with E-state index in [1.54, 1.807) is 0 Å². The number of rotatable bonds is 34. The van der Waals surface area contributed by atoms with Crippen LogP contribution in [0.15, 0.2) is 48.6 Å². The van der Waals surface area contributed by atoms with Crippen LogP contribution in [0.25, 0.3) is 0 Å². The standard InChI is InChI=1S/C41H75NO3/c1-3-5-7-9-11-12-13-14-15-16-17-18-19-20-21-22-23-24-25-26-27-28-29-30-31-33-35-37-41(45)42-39(38-43)40(44)36-34-32-10-8-6-4-2/h5,7,11-12,14-15,17-18,39-40,43-44H,3-4,6,8-10,13,16,19-38H2,1-2H3,(H,42,45)/b7-5-,12-11-,15-14-,18-17-. The van der Waals surface area contributed by atoms with Gasteiger partial charge in [-0.25, -0.2) is 0 Å². The van der Waals surface area contributed by atoms with E-state index in [2.05, 4.69) is 67.8 Å². The number of aliphatic hydroxyl groups excluding tert-OH is 2. The molecule has 2 atom stereocenters. The number of hydrogen-bond donors (Lipinski definition) is 3. The summed E-state index contributed by atoms with van der Waals surface area (Å²) in [5.41, 5.74) is 0. The molecule has 4 heteroatoms. The summed E-state index contributed by atoms with van der Waals surface area (Å²) in [6, 6.07) is -0.533. The van der Waals surface area contributed by atoms with Crippen molar-refractivity contribution in [2.45, 2.75) is 199 Å². The first-order chi connectivity index (χ1) is 22.2. The third kappa shape index (κ3) is 33.5. The molecule has 0 aliphatic heterocycles. The lowest BCUT2D eigenvalue weighted by atomic mass is 10.0. The van der Waals surface area contributed by atoms with Crippen molar-refractivity contribution in [1.29, 1.82) is 0 Å². The van der Waals surface area contributed by atoms with E-state index < -0.39 is 12.1 Å². The number of unbranched alkanes of at least 4 members (excludes halogenated alkanes) is 19. The Hall–Kier alpha value is -1.65. The molecular weight excluding hydrogens is 554 g/mol. The van der Waals surface area contributed by atoms with E-state index in [0.29, 0.717) is 12.8 Å². The van der Waals surface area contributed by atoms with Gasteiger partial charge in [-0.2, -0.15) is 0 Å². The molecule has 0 aromatic rings. The maximum absolute atomic E-state index is 12.3. The van der Waals surface area contributed by atoms with Gasteiger partial charge in [0.2, 0.25) is 5.91 Å². The van der Waals surface area contributed by atoms with Crippen LogP contribution in [-0.2, 0) is 4.79 Å². The van der Waals surface area contributed by atoms with Crippen molar-refractivity contribution >= 4 is 5.91 Å². The van der Waals surface area contributed by atoms with Gasteiger partial charge in [-0.3, -0.25) is 4.79 Å². The molecule has 262 valence electrons. The number of aliphatic hydroxyl groups is 2. The molecule has 2 unspecified atom stereocenters. The normalized spacial score (nSPS) is 13.6. The quantitative estimate of drug-likeness (QED) is 0.0490. The first-order valence-electron chi connectivity index (χ1n) is 19.3. The number of amides is 1. The Morgan fingerprint density at radius 2 is 0.978 bits per heavy atom. The van der Waals surface area contributed by atoms with Gasteiger partial charge in [-0.15, -0.1) is 0 Å². The predicted octanol–water partition coefficient (Wildman–Crippen LogP) is 11.6. The fourth-order valence-electron chi connectivity index (χ4n) is 5.64. The highest BCUT2D eigenvalue weighted by Gasteiger charge is 2.19. The molecule has 0 saturated carbocycles. The van der Waals surface area contributed by atoms with Crippen molar-refractivity contribution in [3.63, 3.8) is 0 Å². The second-order valence-electron chi connectivity index (χ2n) is 13.0. The SMILES string of the molecule is CC/C=C\C/C=C\C/C=C\C/C=C\CCCCCCCCCCCCCCCCC(=O)NC(CO)C(O)CCCCCCCC. The summed E-state index contributed by atoms with van der Waals surface area (Å²) >= 11 is 0. The Bertz CT molecular complexity index is 726. The summed E-state index contributed by atoms with van der Waals surface area (Å²) in [5.74, 6) is -0.0399. The van der Waals surface area contributed by atoms with Gasteiger partial charge in [-0.1, -0.05) is 178 Å². The molecule has 0 fully saturated rings. The highest BCUT2D eigenvalue weighted by molar-refractivity contribution is 5.76. The maximum Gasteiger partial charge on any atom is 0.220 e. The smallest absolute Gasteiger partial charge is 0.220 e. The van der Waals surface area contributed by atoms with Crippen LogP contribution in [-0.4, -0.2) is 34.9 Å². The van der Waals surface area contributed by atoms with Crippen molar-refractivity contribution in [2.24, 2.45) is 0 Å². The number of allylic oxidation sites excluding steroid dienone is 8. The van der Waals surface area contributed by atoms with E-state index in [1.165, 1.54) is 109 Å². The van der Waals surface area contributed by atoms with E-state index in [-0.39, 0.29) is 12.5 Å². The fourth-order valence-corrected chi connectivity index (χ4v) is 5.64. The first-order valence-corrected chi connectivity index (χ1v) is 19.3. The van der Waals surface area contributed by atoms with Gasteiger partial charge in [0.15, 0.2) is 0 Å². The maximum atomic E-state index is 12.3. The molecule has 0 aliphatic rings. The highest BCUT2D eigenvalue weighted by Crippen LogP contribution is 2.15. The van der Waals surface area contributed by atoms with Crippen LogP contribution >= 0.6 is 0 Å². The molecule has 0 radical (unpaired) electrons. The summed E-state index contributed by atoms with van der Waals surface area (Å²) in [5, 5.41) is 22.8. The van der Waals surface area contributed by atoms with Crippen molar-refractivity contribution in [2.75, 3.05) is 6.61 Å². The summed E-state index contributed by atoms with van der Waals surface area (Å²) in [6.07, 6.45) is 49.1. The highest BCUT2D eigenvalue weighted by atomic mass is 16.3. The Labute approximate surface area is 280 Å². The number of nitrogens with one attached hydrogen (secondary N) is 1. The van der Waals surface area contributed by atoms with Crippen molar-refractivity contribution < 1.29 is 15.0 Å². The largest absolute Gasteiger partial charge is 0.394 e. The lowest BCUT2D eigenvalue weighted by Gasteiger charge is -2.22. The summed E-state index contributed by atoms with van der Waals surface area (Å²) in [4.78, 5) is 12.3. The van der Waals surface area contributed by atoms with Gasteiger partial charge in [0.25, 0.3) is 0 Å². The topological polar surface area (TPSA) is 69.6 Å². The van der Waals surface area contributed by atoms with E-state index in [1.807, 2.05) is 0 Å². The molecule has 0 heterocycles. The Morgan fingerprint density at radius 1 is 0.556 bits per heavy atom. The monoisotopic (exact) mass is 630 g/mol. The number of carbonyl (C=O) groups excluding carboxylic acids is 1. The van der Waals surface area contributed by atoms with Crippen LogP contribution in [0.1, 0.15) is 187 Å². The predicted molar refractivity (Wildman–Crippen MR) is 198 cm³/mol. The minimum absolute atomic E-state index is 0.0399. The summed E-state index contributed by atoms with van der Waals surface area (Å²) < 4.78 is 0. The second-order valence-corrected chi connectivity index (χ2v) is 13.0. The Kier molecular flexibility index (Phi) is 35.5. The third-order valence-electron chi connectivity index (χ3n) is 8.60.